The number of nitrogens with zero attached hydrogens (tertiary/aromatic N) is 2. The van der Waals surface area contributed by atoms with Crippen LogP contribution < -0.4 is 26.6 Å². The molecule has 7 atom stereocenters. The Labute approximate surface area is 406 Å². The monoisotopic (exact) mass is 970 g/mol. The summed E-state index contributed by atoms with van der Waals surface area (Å²) in [4.78, 5) is 69.9. The van der Waals surface area contributed by atoms with Crippen molar-refractivity contribution in [3.05, 3.63) is 75.3 Å². The number of carbonyl (C=O) groups is 5. The van der Waals surface area contributed by atoms with E-state index in [9.17, 15) is 24.0 Å². The molecule has 2 saturated heterocycles. The molecule has 4 heterocycles. The van der Waals surface area contributed by atoms with E-state index in [0.29, 0.717) is 70.5 Å². The zero-order valence-electron chi connectivity index (χ0n) is 40.6. The first-order valence-electron chi connectivity index (χ1n) is 23.6. The number of carbonyl (C=O) groups excluding carboxylic acids is 5. The summed E-state index contributed by atoms with van der Waals surface area (Å²) in [6.07, 6.45) is 16.8. The van der Waals surface area contributed by atoms with Crippen LogP contribution in [-0.2, 0) is 44.5 Å². The highest BCUT2D eigenvalue weighted by molar-refractivity contribution is 8.00. The van der Waals surface area contributed by atoms with Crippen LogP contribution in [0.25, 0.3) is 0 Å². The SMILES string of the molecule is CC(C=CC(C)=CC1Cc2nc(cs2)[C@@H](C)CC(NCC(=O)NCCOCCOCCNC(=O)CCCC[C@@H]2SC[C@@H]3NC(=O)N[C@@H]32)CC(=O)O[C@@H](C)CC(C)=CC=CC(=O)O1)=CCN(C)C. The van der Waals surface area contributed by atoms with E-state index in [1.807, 2.05) is 77.2 Å². The number of rotatable bonds is 22. The molecular weight excluding hydrogens is 895 g/mol. The number of hydrogen-bond acceptors (Lipinski definition) is 14. The van der Waals surface area contributed by atoms with Gasteiger partial charge in [-0.1, -0.05) is 60.4 Å². The van der Waals surface area contributed by atoms with Gasteiger partial charge in [-0.2, -0.15) is 11.8 Å². The van der Waals surface area contributed by atoms with Gasteiger partial charge in [0.15, 0.2) is 0 Å². The Balaban J connectivity index is 1.18. The van der Waals surface area contributed by atoms with Crippen molar-refractivity contribution in [3.8, 4) is 0 Å². The standard InChI is InChI=1S/C49H75N7O9S2/c1-33(17-20-56(6)7)15-16-35(3)26-39-29-45-53-40(31-67-45)36(4)27-38(28-47(60)64-37(5)25-34(2)11-10-14-46(59)65-39)52-30-44(58)51-19-22-63-24-23-62-21-18-50-43(57)13-9-8-12-42-48-41(32-66-42)54-49(61)55-48/h10-11,14-17,26,31,36-39,41-42,48,52H,8-9,12-13,18-25,27-30,32H2,1-7H3,(H,50,57)(H,51,58)(H2,54,55,61)/t36-,37-,38?,39?,41-,42-,48-/m0/s1. The van der Waals surface area contributed by atoms with Gasteiger partial charge in [0.25, 0.3) is 0 Å². The summed E-state index contributed by atoms with van der Waals surface area (Å²) in [5.41, 5.74) is 3.88. The number of thiazole rings is 1. The van der Waals surface area contributed by atoms with Crippen LogP contribution in [0.4, 0.5) is 4.79 Å². The number of aromatic nitrogens is 1. The van der Waals surface area contributed by atoms with Gasteiger partial charge in [0.05, 0.1) is 62.2 Å². The first kappa shape index (κ1) is 55.3. The lowest BCUT2D eigenvalue weighted by Gasteiger charge is -2.22. The minimum atomic E-state index is -0.544. The summed E-state index contributed by atoms with van der Waals surface area (Å²) in [5, 5.41) is 18.2. The predicted molar refractivity (Wildman–Crippen MR) is 265 cm³/mol. The molecule has 16 nitrogen and oxygen atoms in total. The maximum atomic E-state index is 13.2. The zero-order valence-corrected chi connectivity index (χ0v) is 42.2. The Morgan fingerprint density at radius 1 is 0.940 bits per heavy atom. The van der Waals surface area contributed by atoms with Crippen LogP contribution in [0.15, 0.2) is 64.6 Å². The Bertz CT molecular complexity index is 1910. The van der Waals surface area contributed by atoms with Gasteiger partial charge in [0, 0.05) is 73.3 Å². The van der Waals surface area contributed by atoms with E-state index in [2.05, 4.69) is 50.6 Å². The predicted octanol–water partition coefficient (Wildman–Crippen LogP) is 5.28. The number of esters is 2. The maximum Gasteiger partial charge on any atom is 0.331 e. The van der Waals surface area contributed by atoms with Crippen molar-refractivity contribution < 1.29 is 42.9 Å². The normalized spacial score (nSPS) is 24.5. The summed E-state index contributed by atoms with van der Waals surface area (Å²) in [5.74, 6) is -0.182. The van der Waals surface area contributed by atoms with E-state index in [1.54, 1.807) is 6.08 Å². The Morgan fingerprint density at radius 3 is 2.42 bits per heavy atom. The van der Waals surface area contributed by atoms with Crippen molar-refractivity contribution in [2.75, 3.05) is 72.5 Å². The minimum absolute atomic E-state index is 0.00152. The van der Waals surface area contributed by atoms with Crippen LogP contribution in [0.3, 0.4) is 0 Å². The van der Waals surface area contributed by atoms with Crippen LogP contribution in [0, 0.1) is 0 Å². The van der Waals surface area contributed by atoms with Crippen molar-refractivity contribution in [1.29, 1.82) is 0 Å². The molecule has 4 rings (SSSR count). The topological polar surface area (TPSA) is 199 Å². The first-order chi connectivity index (χ1) is 32.1. The Morgan fingerprint density at radius 2 is 1.67 bits per heavy atom. The number of allylic oxidation sites excluding steroid dienone is 6. The molecule has 0 spiro atoms. The number of unbranched alkanes of at least 4 members (excludes halogenated alkanes) is 1. The average molecular weight is 970 g/mol. The summed E-state index contributed by atoms with van der Waals surface area (Å²) in [7, 11) is 4.05. The van der Waals surface area contributed by atoms with E-state index in [0.717, 1.165) is 59.0 Å². The average Bonchev–Trinajstić information content (AvgIpc) is 3.99. The summed E-state index contributed by atoms with van der Waals surface area (Å²) in [6, 6.07) is -0.0349. The molecule has 0 aromatic carbocycles. The van der Waals surface area contributed by atoms with Gasteiger partial charge in [-0.15, -0.1) is 11.3 Å². The zero-order chi connectivity index (χ0) is 48.6. The number of thioether (sulfide) groups is 1. The molecule has 5 N–H and O–H groups in total. The van der Waals surface area contributed by atoms with Gasteiger partial charge >= 0.3 is 18.0 Å². The van der Waals surface area contributed by atoms with Crippen LogP contribution in [-0.4, -0.2) is 148 Å². The number of urea groups is 1. The van der Waals surface area contributed by atoms with E-state index < -0.39 is 18.2 Å². The molecule has 3 aliphatic heterocycles. The van der Waals surface area contributed by atoms with E-state index in [1.165, 1.54) is 17.4 Å². The van der Waals surface area contributed by atoms with Gasteiger partial charge < -0.3 is 50.4 Å². The lowest BCUT2D eigenvalue weighted by molar-refractivity contribution is -0.149. The smallest absolute Gasteiger partial charge is 0.331 e. The quantitative estimate of drug-likeness (QED) is 0.0436. The molecule has 1 aromatic heterocycles. The maximum absolute atomic E-state index is 13.2. The molecule has 18 heteroatoms. The molecule has 67 heavy (non-hydrogen) atoms. The molecule has 2 fully saturated rings. The molecule has 0 aliphatic carbocycles. The number of nitrogens with one attached hydrogen (secondary N) is 5. The second kappa shape index (κ2) is 30.2. The number of cyclic esters (lactones) is 2. The molecule has 372 valence electrons. The molecule has 4 amide bonds. The number of ether oxygens (including phenoxy) is 4. The van der Waals surface area contributed by atoms with Gasteiger partial charge in [0.1, 0.15) is 12.2 Å². The fourth-order valence-corrected chi connectivity index (χ4v) is 10.3. The number of fused-ring (bicyclic) bond motifs is 3. The highest BCUT2D eigenvalue weighted by atomic mass is 32.2. The van der Waals surface area contributed by atoms with Crippen molar-refractivity contribution in [2.24, 2.45) is 0 Å². The molecule has 0 saturated carbocycles. The van der Waals surface area contributed by atoms with Crippen LogP contribution >= 0.6 is 23.1 Å². The third kappa shape index (κ3) is 22.6. The van der Waals surface area contributed by atoms with Crippen molar-refractivity contribution in [2.45, 2.75) is 127 Å². The fraction of sp³-hybridized carbons (Fsp3) is 0.633. The largest absolute Gasteiger partial charge is 0.462 e. The molecule has 1 aromatic rings. The molecule has 2 unspecified atom stereocenters. The fourth-order valence-electron chi connectivity index (χ4n) is 7.77. The lowest BCUT2D eigenvalue weighted by Crippen LogP contribution is -2.42. The van der Waals surface area contributed by atoms with E-state index >= 15 is 0 Å². The number of hydrogen-bond donors (Lipinski definition) is 5. The molecule has 3 aliphatic rings. The van der Waals surface area contributed by atoms with Gasteiger partial charge in [-0.05, 0) is 67.1 Å². The lowest BCUT2D eigenvalue weighted by atomic mass is 9.97. The van der Waals surface area contributed by atoms with Crippen LogP contribution in [0.1, 0.15) is 96.2 Å². The third-order valence-electron chi connectivity index (χ3n) is 11.3. The third-order valence-corrected chi connectivity index (χ3v) is 13.7. The molecule has 0 radical (unpaired) electrons. The van der Waals surface area contributed by atoms with Crippen molar-refractivity contribution >= 4 is 52.9 Å². The van der Waals surface area contributed by atoms with Crippen molar-refractivity contribution in [1.82, 2.24) is 36.5 Å². The molecule has 2 bridgehead atoms. The first-order valence-corrected chi connectivity index (χ1v) is 25.5. The van der Waals surface area contributed by atoms with Crippen LogP contribution in [0.2, 0.25) is 0 Å². The highest BCUT2D eigenvalue weighted by Gasteiger charge is 2.42. The Hall–Kier alpha value is -4.33. The van der Waals surface area contributed by atoms with Gasteiger partial charge in [-0.25, -0.2) is 14.6 Å². The van der Waals surface area contributed by atoms with E-state index in [-0.39, 0.29) is 60.8 Å². The summed E-state index contributed by atoms with van der Waals surface area (Å²) < 4.78 is 22.9. The minimum Gasteiger partial charge on any atom is -0.462 e. The second-order valence-electron chi connectivity index (χ2n) is 17.9. The number of amides is 4. The summed E-state index contributed by atoms with van der Waals surface area (Å²) in [6.45, 7) is 12.8. The number of likely N-dealkylation sites (N-methyl/N-ethyl adjacent to an activating group) is 1. The van der Waals surface area contributed by atoms with Crippen LogP contribution in [0.5, 0.6) is 0 Å². The Kier molecular flexibility index (Phi) is 24.9. The van der Waals surface area contributed by atoms with E-state index in [4.69, 9.17) is 23.9 Å². The summed E-state index contributed by atoms with van der Waals surface area (Å²) >= 11 is 3.38. The highest BCUT2D eigenvalue weighted by Crippen LogP contribution is 2.33. The van der Waals surface area contributed by atoms with Gasteiger partial charge in [0.2, 0.25) is 11.8 Å². The second-order valence-corrected chi connectivity index (χ2v) is 20.1. The van der Waals surface area contributed by atoms with Crippen molar-refractivity contribution in [3.63, 3.8) is 0 Å². The van der Waals surface area contributed by atoms with Gasteiger partial charge in [-0.3, -0.25) is 14.4 Å². The molecular formula is C49H75N7O9S2.